The Kier molecular flexibility index (Phi) is 6.58. The van der Waals surface area contributed by atoms with E-state index in [0.29, 0.717) is 17.9 Å². The average Bonchev–Trinajstić information content (AvgIpc) is 3.23. The Morgan fingerprint density at radius 3 is 2.62 bits per heavy atom. The predicted molar refractivity (Wildman–Crippen MR) is 119 cm³/mol. The summed E-state index contributed by atoms with van der Waals surface area (Å²) in [5.74, 6) is -2.24. The summed E-state index contributed by atoms with van der Waals surface area (Å²) in [5, 5.41) is 11.4. The van der Waals surface area contributed by atoms with Crippen LogP contribution in [-0.4, -0.2) is 11.0 Å². The molecule has 0 radical (unpaired) electrons. The smallest absolute Gasteiger partial charge is 0.132 e. The minimum absolute atomic E-state index is 0.0155. The van der Waals surface area contributed by atoms with Gasteiger partial charge in [0.15, 0.2) is 0 Å². The Balaban J connectivity index is 1.73. The molecule has 0 N–H and O–H groups in total. The van der Waals surface area contributed by atoms with E-state index in [2.05, 4.69) is 20.9 Å². The molecule has 0 bridgehead atoms. The van der Waals surface area contributed by atoms with Gasteiger partial charge in [-0.1, -0.05) is 27.5 Å². The fourth-order valence-electron chi connectivity index (χ4n) is 3.74. The summed E-state index contributed by atoms with van der Waals surface area (Å²) in [7, 11) is 0. The number of hydrogen-bond acceptors (Lipinski definition) is 4. The molecule has 0 spiro atoms. The van der Waals surface area contributed by atoms with Gasteiger partial charge >= 0.3 is 0 Å². The number of aromatic carboxylic acids is 1. The van der Waals surface area contributed by atoms with Gasteiger partial charge in [0, 0.05) is 21.7 Å². The fraction of sp³-hybridized carbons (Fsp3) is 0.167. The number of hydrogen-bond donors (Lipinski definition) is 0. The van der Waals surface area contributed by atoms with E-state index in [1.807, 2.05) is 12.1 Å². The second kappa shape index (κ2) is 9.38. The van der Waals surface area contributed by atoms with Crippen molar-refractivity contribution >= 4 is 44.6 Å². The number of benzene rings is 2. The molecule has 32 heavy (non-hydrogen) atoms. The predicted octanol–water partition coefficient (Wildman–Crippen LogP) is 5.81. The van der Waals surface area contributed by atoms with Crippen LogP contribution in [0.3, 0.4) is 0 Å². The van der Waals surface area contributed by atoms with Gasteiger partial charge in [0.25, 0.3) is 0 Å². The first-order valence-electron chi connectivity index (χ1n) is 9.80. The first kappa shape index (κ1) is 22.4. The highest BCUT2D eigenvalue weighted by Gasteiger charge is 2.23. The van der Waals surface area contributed by atoms with Crippen molar-refractivity contribution < 1.29 is 23.4 Å². The Hall–Kier alpha value is -2.77. The Bertz CT molecular complexity index is 1250. The minimum Gasteiger partial charge on any atom is -0.543 e. The third kappa shape index (κ3) is 4.69. The number of allylic oxidation sites excluding steroid dienone is 2. The van der Waals surface area contributed by atoms with Gasteiger partial charge in [0.1, 0.15) is 29.7 Å². The van der Waals surface area contributed by atoms with Crippen molar-refractivity contribution in [1.29, 1.82) is 0 Å². The van der Waals surface area contributed by atoms with Crippen LogP contribution in [0.5, 0.6) is 5.75 Å². The third-order valence-corrected chi connectivity index (χ3v) is 6.03. The zero-order chi connectivity index (χ0) is 22.8. The quantitative estimate of drug-likeness (QED) is 0.412. The fourth-order valence-corrected chi connectivity index (χ4v) is 4.28. The number of pyridine rings is 1. The van der Waals surface area contributed by atoms with E-state index >= 15 is 0 Å². The van der Waals surface area contributed by atoms with Crippen LogP contribution in [0.1, 0.15) is 46.6 Å². The van der Waals surface area contributed by atoms with E-state index in [1.54, 1.807) is 12.1 Å². The number of carbonyl (C=O) groups excluding carboxylic acids is 1. The summed E-state index contributed by atoms with van der Waals surface area (Å²) in [6.07, 6.45) is 2.29. The van der Waals surface area contributed by atoms with E-state index in [0.717, 1.165) is 40.1 Å². The number of rotatable bonds is 6. The van der Waals surface area contributed by atoms with Gasteiger partial charge in [-0.25, -0.2) is 13.8 Å². The van der Waals surface area contributed by atoms with Crippen molar-refractivity contribution in [3.05, 3.63) is 92.2 Å². The van der Waals surface area contributed by atoms with Crippen LogP contribution in [0, 0.1) is 11.6 Å². The molecule has 1 aliphatic rings. The lowest BCUT2D eigenvalue weighted by molar-refractivity contribution is -0.255. The van der Waals surface area contributed by atoms with Gasteiger partial charge in [0.2, 0.25) is 0 Å². The van der Waals surface area contributed by atoms with Crippen LogP contribution in [0.25, 0.3) is 11.1 Å². The molecule has 2 aromatic carbocycles. The Morgan fingerprint density at radius 1 is 1.09 bits per heavy atom. The molecular formula is C24H16BrClF2NO3-. The maximum Gasteiger partial charge on any atom is 0.132 e. The number of halogens is 4. The van der Waals surface area contributed by atoms with Gasteiger partial charge < -0.3 is 14.6 Å². The number of ether oxygens (including phenoxy) is 1. The number of carboxylic acids is 1. The first-order valence-corrected chi connectivity index (χ1v) is 11.0. The number of aromatic nitrogens is 1. The molecule has 1 aliphatic carbocycles. The lowest BCUT2D eigenvalue weighted by atomic mass is 9.99. The highest BCUT2D eigenvalue weighted by molar-refractivity contribution is 9.10. The van der Waals surface area contributed by atoms with Gasteiger partial charge in [-0.05, 0) is 72.9 Å². The van der Waals surface area contributed by atoms with E-state index in [9.17, 15) is 18.7 Å². The molecular weight excluding hydrogens is 504 g/mol. The van der Waals surface area contributed by atoms with Crippen LogP contribution in [0.4, 0.5) is 8.78 Å². The molecule has 1 aromatic heterocycles. The molecule has 1 heterocycles. The molecule has 4 nitrogen and oxygen atoms in total. The van der Waals surface area contributed by atoms with Gasteiger partial charge in [-0.15, -0.1) is 0 Å². The van der Waals surface area contributed by atoms with Gasteiger partial charge in [-0.3, -0.25) is 0 Å². The monoisotopic (exact) mass is 518 g/mol. The van der Waals surface area contributed by atoms with Crippen molar-refractivity contribution in [2.24, 2.45) is 0 Å². The summed E-state index contributed by atoms with van der Waals surface area (Å²) >= 11 is 9.42. The molecule has 0 saturated heterocycles. The molecule has 0 aliphatic heterocycles. The van der Waals surface area contributed by atoms with Crippen molar-refractivity contribution in [2.75, 3.05) is 0 Å². The largest absolute Gasteiger partial charge is 0.543 e. The SMILES string of the molecule is O=C([O-])c1nc(C2=C(c3cc(Br)ccc3OCc3ccc(F)cc3F)CCC2)ccc1Cl. The van der Waals surface area contributed by atoms with Crippen molar-refractivity contribution in [3.63, 3.8) is 0 Å². The normalized spacial score (nSPS) is 13.5. The van der Waals surface area contributed by atoms with Crippen LogP contribution in [0.2, 0.25) is 5.02 Å². The first-order chi connectivity index (χ1) is 15.3. The second-order valence-electron chi connectivity index (χ2n) is 7.29. The Morgan fingerprint density at radius 2 is 1.88 bits per heavy atom. The summed E-state index contributed by atoms with van der Waals surface area (Å²) in [6.45, 7) is -0.0720. The van der Waals surface area contributed by atoms with Crippen LogP contribution in [-0.2, 0) is 6.61 Å². The summed E-state index contributed by atoms with van der Waals surface area (Å²) in [4.78, 5) is 15.6. The van der Waals surface area contributed by atoms with Gasteiger partial charge in [0.05, 0.1) is 16.7 Å². The van der Waals surface area contributed by atoms with Crippen LogP contribution >= 0.6 is 27.5 Å². The molecule has 8 heteroatoms. The summed E-state index contributed by atoms with van der Waals surface area (Å²) < 4.78 is 34.0. The molecule has 0 atom stereocenters. The number of nitrogens with zero attached hydrogens (tertiary/aromatic N) is 1. The van der Waals surface area contributed by atoms with Crippen molar-refractivity contribution in [2.45, 2.75) is 25.9 Å². The standard InChI is InChI=1S/C24H17BrClF2NO3/c25-14-5-9-22(32-12-13-4-6-15(27)11-20(13)28)18(10-14)16-2-1-3-17(16)21-8-7-19(26)23(29-21)24(30)31/h4-11H,1-3,12H2,(H,30,31)/p-1. The molecule has 4 rings (SSSR count). The maximum absolute atomic E-state index is 14.0. The topological polar surface area (TPSA) is 62.2 Å². The minimum atomic E-state index is -1.44. The number of carboxylic acid groups (broad SMARTS) is 1. The van der Waals surface area contributed by atoms with E-state index in [1.165, 1.54) is 18.2 Å². The lowest BCUT2D eigenvalue weighted by Gasteiger charge is -2.16. The molecule has 3 aromatic rings. The Labute approximate surface area is 196 Å². The van der Waals surface area contributed by atoms with Crippen molar-refractivity contribution in [3.8, 4) is 5.75 Å². The maximum atomic E-state index is 14.0. The third-order valence-electron chi connectivity index (χ3n) is 5.23. The average molecular weight is 520 g/mol. The van der Waals surface area contributed by atoms with E-state index < -0.39 is 17.6 Å². The molecule has 164 valence electrons. The molecule has 0 amide bonds. The number of carbonyl (C=O) groups is 1. The van der Waals surface area contributed by atoms with Crippen LogP contribution in [0.15, 0.2) is 53.0 Å². The summed E-state index contributed by atoms with van der Waals surface area (Å²) in [6, 6.07) is 12.0. The zero-order valence-electron chi connectivity index (χ0n) is 16.6. The highest BCUT2D eigenvalue weighted by Crippen LogP contribution is 2.43. The molecule has 0 fully saturated rings. The summed E-state index contributed by atoms with van der Waals surface area (Å²) in [5.41, 5.74) is 3.08. The van der Waals surface area contributed by atoms with Gasteiger partial charge in [-0.2, -0.15) is 0 Å². The van der Waals surface area contributed by atoms with Crippen LogP contribution < -0.4 is 9.84 Å². The van der Waals surface area contributed by atoms with E-state index in [4.69, 9.17) is 16.3 Å². The molecule has 0 saturated carbocycles. The van der Waals surface area contributed by atoms with E-state index in [-0.39, 0.29) is 22.9 Å². The second-order valence-corrected chi connectivity index (χ2v) is 8.61. The zero-order valence-corrected chi connectivity index (χ0v) is 19.0. The highest BCUT2D eigenvalue weighted by atomic mass is 79.9. The lowest BCUT2D eigenvalue weighted by Crippen LogP contribution is -2.24. The van der Waals surface area contributed by atoms with Crippen molar-refractivity contribution in [1.82, 2.24) is 4.98 Å². The molecule has 0 unspecified atom stereocenters.